The number of amides is 2. The van der Waals surface area contributed by atoms with Crippen LogP contribution in [0, 0.1) is 12.8 Å². The van der Waals surface area contributed by atoms with Gasteiger partial charge in [0.15, 0.2) is 0 Å². The average Bonchev–Trinajstić information content (AvgIpc) is 3.13. The quantitative estimate of drug-likeness (QED) is 0.768. The molecule has 8 heteroatoms. The number of aromatic nitrogens is 2. The molecule has 0 aliphatic carbocycles. The second-order valence-electron chi connectivity index (χ2n) is 7.19. The number of aryl methyl sites for hydroxylation is 2. The molecule has 2 unspecified atom stereocenters. The molecule has 0 aromatic carbocycles. The van der Waals surface area contributed by atoms with Gasteiger partial charge in [-0.05, 0) is 32.3 Å². The SMILES string of the molecule is Cc1nn(C)c2sc(C(=O)NC(C)C(=O)N(C)CCC(N)C(C)C)cc12. The molecule has 0 spiro atoms. The summed E-state index contributed by atoms with van der Waals surface area (Å²) in [6, 6.07) is 1.30. The lowest BCUT2D eigenvalue weighted by molar-refractivity contribution is -0.131. The van der Waals surface area contributed by atoms with Gasteiger partial charge in [0.05, 0.1) is 10.6 Å². The first-order valence-corrected chi connectivity index (χ1v) is 9.68. The predicted octanol–water partition coefficient (Wildman–Crippen LogP) is 1.89. The van der Waals surface area contributed by atoms with Gasteiger partial charge in [-0.1, -0.05) is 13.8 Å². The molecule has 0 saturated carbocycles. The van der Waals surface area contributed by atoms with Crippen molar-refractivity contribution in [2.45, 2.75) is 46.2 Å². The smallest absolute Gasteiger partial charge is 0.262 e. The molecule has 2 aromatic rings. The molecule has 2 rings (SSSR count). The summed E-state index contributed by atoms with van der Waals surface area (Å²) in [5, 5.41) is 8.10. The summed E-state index contributed by atoms with van der Waals surface area (Å²) in [7, 11) is 3.60. The number of fused-ring (bicyclic) bond motifs is 1. The minimum atomic E-state index is -0.591. The van der Waals surface area contributed by atoms with Crippen LogP contribution in [0.3, 0.4) is 0 Å². The van der Waals surface area contributed by atoms with Crippen LogP contribution in [0.1, 0.15) is 42.6 Å². The van der Waals surface area contributed by atoms with E-state index in [2.05, 4.69) is 24.3 Å². The average molecular weight is 380 g/mol. The standard InChI is InChI=1S/C18H29N5O2S/c1-10(2)14(19)7-8-22(5)17(25)12(4)20-16(24)15-9-13-11(3)21-23(6)18(13)26-15/h9-10,12,14H,7-8,19H2,1-6H3,(H,20,24). The molecule has 0 saturated heterocycles. The van der Waals surface area contributed by atoms with Crippen molar-refractivity contribution in [1.29, 1.82) is 0 Å². The third-order valence-electron chi connectivity index (χ3n) is 4.67. The van der Waals surface area contributed by atoms with E-state index in [-0.39, 0.29) is 17.9 Å². The van der Waals surface area contributed by atoms with E-state index in [0.717, 1.165) is 22.3 Å². The van der Waals surface area contributed by atoms with Crippen LogP contribution < -0.4 is 11.1 Å². The van der Waals surface area contributed by atoms with Crippen molar-refractivity contribution in [1.82, 2.24) is 20.0 Å². The van der Waals surface area contributed by atoms with E-state index < -0.39 is 6.04 Å². The zero-order chi connectivity index (χ0) is 19.6. The Morgan fingerprint density at radius 3 is 2.62 bits per heavy atom. The van der Waals surface area contributed by atoms with E-state index in [0.29, 0.717) is 17.3 Å². The molecule has 26 heavy (non-hydrogen) atoms. The predicted molar refractivity (Wildman–Crippen MR) is 105 cm³/mol. The van der Waals surface area contributed by atoms with Gasteiger partial charge in [-0.15, -0.1) is 11.3 Å². The molecule has 2 amide bonds. The fourth-order valence-electron chi connectivity index (χ4n) is 2.76. The van der Waals surface area contributed by atoms with Crippen molar-refractivity contribution in [3.8, 4) is 0 Å². The minimum Gasteiger partial charge on any atom is -0.344 e. The van der Waals surface area contributed by atoms with Crippen molar-refractivity contribution in [3.05, 3.63) is 16.6 Å². The van der Waals surface area contributed by atoms with Gasteiger partial charge >= 0.3 is 0 Å². The maximum Gasteiger partial charge on any atom is 0.262 e. The Hall–Kier alpha value is -1.93. The minimum absolute atomic E-state index is 0.0607. The largest absolute Gasteiger partial charge is 0.344 e. The number of hydrogen-bond donors (Lipinski definition) is 2. The highest BCUT2D eigenvalue weighted by molar-refractivity contribution is 7.20. The fraction of sp³-hybridized carbons (Fsp3) is 0.611. The number of nitrogens with two attached hydrogens (primary N) is 1. The maximum atomic E-state index is 12.5. The van der Waals surface area contributed by atoms with Crippen LogP contribution in [0.2, 0.25) is 0 Å². The van der Waals surface area contributed by atoms with Crippen LogP contribution in [0.15, 0.2) is 6.07 Å². The van der Waals surface area contributed by atoms with Crippen LogP contribution in [0.4, 0.5) is 0 Å². The van der Waals surface area contributed by atoms with E-state index >= 15 is 0 Å². The summed E-state index contributed by atoms with van der Waals surface area (Å²) in [6.07, 6.45) is 0.739. The van der Waals surface area contributed by atoms with E-state index in [1.807, 2.05) is 20.0 Å². The topological polar surface area (TPSA) is 93.2 Å². The molecule has 2 atom stereocenters. The maximum absolute atomic E-state index is 12.5. The molecule has 2 heterocycles. The highest BCUT2D eigenvalue weighted by atomic mass is 32.1. The van der Waals surface area contributed by atoms with E-state index in [1.54, 1.807) is 23.6 Å². The number of carbonyl (C=O) groups excluding carboxylic acids is 2. The molecular weight excluding hydrogens is 350 g/mol. The second-order valence-corrected chi connectivity index (χ2v) is 8.22. The second kappa shape index (κ2) is 8.18. The highest BCUT2D eigenvalue weighted by Gasteiger charge is 2.22. The Morgan fingerprint density at radius 2 is 2.04 bits per heavy atom. The van der Waals surface area contributed by atoms with E-state index in [9.17, 15) is 9.59 Å². The monoisotopic (exact) mass is 379 g/mol. The normalized spacial score (nSPS) is 13.8. The number of nitrogens with zero attached hydrogens (tertiary/aromatic N) is 3. The Labute approximate surface area is 158 Å². The Kier molecular flexibility index (Phi) is 6.41. The third-order valence-corrected chi connectivity index (χ3v) is 5.87. The van der Waals surface area contributed by atoms with Crippen molar-refractivity contribution < 1.29 is 9.59 Å². The van der Waals surface area contributed by atoms with Crippen molar-refractivity contribution in [3.63, 3.8) is 0 Å². The van der Waals surface area contributed by atoms with Gasteiger partial charge in [0, 0.05) is 32.1 Å². The first-order valence-electron chi connectivity index (χ1n) is 8.86. The van der Waals surface area contributed by atoms with Crippen molar-refractivity contribution in [2.24, 2.45) is 18.7 Å². The molecule has 0 aliphatic heterocycles. The molecule has 2 aromatic heterocycles. The van der Waals surface area contributed by atoms with Gasteiger partial charge in [0.25, 0.3) is 5.91 Å². The number of nitrogens with one attached hydrogen (secondary N) is 1. The molecule has 0 fully saturated rings. The van der Waals surface area contributed by atoms with Crippen LogP contribution >= 0.6 is 11.3 Å². The zero-order valence-electron chi connectivity index (χ0n) is 16.4. The molecule has 144 valence electrons. The van der Waals surface area contributed by atoms with Crippen molar-refractivity contribution in [2.75, 3.05) is 13.6 Å². The number of carbonyl (C=O) groups is 2. The third kappa shape index (κ3) is 4.42. The fourth-order valence-corrected chi connectivity index (χ4v) is 3.79. The van der Waals surface area contributed by atoms with E-state index in [1.165, 1.54) is 11.3 Å². The summed E-state index contributed by atoms with van der Waals surface area (Å²) in [5.74, 6) is 0.0218. The van der Waals surface area contributed by atoms with Gasteiger partial charge in [-0.3, -0.25) is 14.3 Å². The molecule has 0 bridgehead atoms. The zero-order valence-corrected chi connectivity index (χ0v) is 17.2. The first-order chi connectivity index (χ1) is 12.1. The van der Waals surface area contributed by atoms with Gasteiger partial charge in [0.2, 0.25) is 5.91 Å². The van der Waals surface area contributed by atoms with Gasteiger partial charge in [-0.2, -0.15) is 5.10 Å². The number of thiophene rings is 1. The molecule has 0 radical (unpaired) electrons. The van der Waals surface area contributed by atoms with Gasteiger partial charge in [0.1, 0.15) is 10.9 Å². The number of rotatable bonds is 7. The summed E-state index contributed by atoms with van der Waals surface area (Å²) >= 11 is 1.38. The Morgan fingerprint density at radius 1 is 1.38 bits per heavy atom. The summed E-state index contributed by atoms with van der Waals surface area (Å²) < 4.78 is 1.77. The van der Waals surface area contributed by atoms with Crippen molar-refractivity contribution >= 4 is 33.4 Å². The first kappa shape index (κ1) is 20.4. The van der Waals surface area contributed by atoms with Crippen LogP contribution in [0.5, 0.6) is 0 Å². The van der Waals surface area contributed by atoms with Gasteiger partial charge in [-0.25, -0.2) is 0 Å². The Bertz CT molecular complexity index is 760. The lowest BCUT2D eigenvalue weighted by atomic mass is 10.0. The summed E-state index contributed by atoms with van der Waals surface area (Å²) in [6.45, 7) is 8.33. The molecular formula is C18H29N5O2S. The van der Waals surface area contributed by atoms with Crippen LogP contribution in [-0.2, 0) is 11.8 Å². The summed E-state index contributed by atoms with van der Waals surface area (Å²) in [5.41, 5.74) is 6.93. The number of hydrogen-bond acceptors (Lipinski definition) is 5. The Balaban J connectivity index is 1.96. The molecule has 3 N–H and O–H groups in total. The summed E-state index contributed by atoms with van der Waals surface area (Å²) in [4.78, 5) is 28.2. The lowest BCUT2D eigenvalue weighted by Crippen LogP contribution is -2.46. The number of likely N-dealkylation sites (N-methyl/N-ethyl adjacent to an activating group) is 1. The highest BCUT2D eigenvalue weighted by Crippen LogP contribution is 2.27. The molecule has 7 nitrogen and oxygen atoms in total. The lowest BCUT2D eigenvalue weighted by Gasteiger charge is -2.24. The van der Waals surface area contributed by atoms with Crippen LogP contribution in [0.25, 0.3) is 10.2 Å². The van der Waals surface area contributed by atoms with E-state index in [4.69, 9.17) is 5.73 Å². The molecule has 0 aliphatic rings. The van der Waals surface area contributed by atoms with Crippen LogP contribution in [-0.4, -0.2) is 52.2 Å². The van der Waals surface area contributed by atoms with Gasteiger partial charge < -0.3 is 16.0 Å².